The molecule has 3 N–H and O–H groups in total. The van der Waals surface area contributed by atoms with Crippen LogP contribution < -0.4 is 15.8 Å². The van der Waals surface area contributed by atoms with Crippen molar-refractivity contribution >= 4 is 23.3 Å². The zero-order chi connectivity index (χ0) is 17.7. The van der Waals surface area contributed by atoms with Crippen LogP contribution >= 0.6 is 0 Å². The molecule has 0 aromatic heterocycles. The molecule has 2 rings (SSSR count). The maximum Gasteiger partial charge on any atom is 0.341 e. The summed E-state index contributed by atoms with van der Waals surface area (Å²) >= 11 is 0. The predicted molar refractivity (Wildman–Crippen MR) is 92.1 cm³/mol. The summed E-state index contributed by atoms with van der Waals surface area (Å²) in [5, 5.41) is 2.67. The average Bonchev–Trinajstić information content (AvgIpc) is 2.57. The summed E-state index contributed by atoms with van der Waals surface area (Å²) in [5.74, 6) is -0.379. The minimum absolute atomic E-state index is 0.249. The Hall–Kier alpha value is -3.02. The van der Waals surface area contributed by atoms with Gasteiger partial charge in [0.15, 0.2) is 6.10 Å². The second kappa shape index (κ2) is 7.50. The first kappa shape index (κ1) is 17.3. The second-order valence-corrected chi connectivity index (χ2v) is 5.30. The number of amides is 1. The number of hydrogen-bond donors (Lipinski definition) is 2. The molecule has 0 saturated carbocycles. The van der Waals surface area contributed by atoms with E-state index in [0.29, 0.717) is 17.1 Å². The number of aryl methyl sites for hydroxylation is 1. The van der Waals surface area contributed by atoms with Crippen LogP contribution in [-0.4, -0.2) is 25.1 Å². The molecular weight excluding hydrogens is 308 g/mol. The molecule has 0 bridgehead atoms. The molecule has 24 heavy (non-hydrogen) atoms. The maximum atomic E-state index is 12.2. The topological polar surface area (TPSA) is 90.6 Å². The van der Waals surface area contributed by atoms with E-state index in [4.69, 9.17) is 15.2 Å². The first-order valence-electron chi connectivity index (χ1n) is 7.43. The Bertz CT molecular complexity index is 741. The number of nitrogens with two attached hydrogens (primary N) is 1. The normalized spacial score (nSPS) is 11.5. The molecule has 126 valence electrons. The van der Waals surface area contributed by atoms with Crippen molar-refractivity contribution in [2.45, 2.75) is 20.0 Å². The molecule has 0 fully saturated rings. The molecule has 2 aromatic rings. The lowest BCUT2D eigenvalue weighted by Crippen LogP contribution is -2.30. The second-order valence-electron chi connectivity index (χ2n) is 5.30. The number of nitrogen functional groups attached to an aromatic ring is 1. The summed E-state index contributed by atoms with van der Waals surface area (Å²) in [7, 11) is 1.56. The highest BCUT2D eigenvalue weighted by molar-refractivity contribution is 5.99. The molecule has 0 aliphatic rings. The fourth-order valence-electron chi connectivity index (χ4n) is 2.05. The van der Waals surface area contributed by atoms with E-state index in [0.717, 1.165) is 5.56 Å². The lowest BCUT2D eigenvalue weighted by atomic mass is 10.1. The molecule has 0 radical (unpaired) electrons. The van der Waals surface area contributed by atoms with Crippen LogP contribution in [0, 0.1) is 6.92 Å². The number of anilines is 2. The van der Waals surface area contributed by atoms with Crippen LogP contribution in [0.3, 0.4) is 0 Å². The lowest BCUT2D eigenvalue weighted by molar-refractivity contribution is -0.123. The van der Waals surface area contributed by atoms with Crippen molar-refractivity contribution < 1.29 is 19.1 Å². The van der Waals surface area contributed by atoms with Gasteiger partial charge in [-0.3, -0.25) is 4.79 Å². The zero-order valence-electron chi connectivity index (χ0n) is 13.8. The molecule has 0 aliphatic carbocycles. The van der Waals surface area contributed by atoms with Crippen molar-refractivity contribution in [3.8, 4) is 5.75 Å². The quantitative estimate of drug-likeness (QED) is 0.650. The third-order valence-electron chi connectivity index (χ3n) is 3.55. The van der Waals surface area contributed by atoms with E-state index in [2.05, 4.69) is 5.32 Å². The van der Waals surface area contributed by atoms with Crippen LogP contribution in [0.15, 0.2) is 42.5 Å². The van der Waals surface area contributed by atoms with Crippen molar-refractivity contribution in [1.82, 2.24) is 0 Å². The molecule has 0 unspecified atom stereocenters. The van der Waals surface area contributed by atoms with Gasteiger partial charge in [0, 0.05) is 11.4 Å². The number of esters is 1. The Morgan fingerprint density at radius 3 is 2.42 bits per heavy atom. The number of nitrogens with one attached hydrogen (secondary N) is 1. The summed E-state index contributed by atoms with van der Waals surface area (Å²) in [4.78, 5) is 24.3. The van der Waals surface area contributed by atoms with Crippen LogP contribution in [-0.2, 0) is 9.53 Å². The summed E-state index contributed by atoms with van der Waals surface area (Å²) < 4.78 is 10.2. The Labute approximate surface area is 140 Å². The number of ether oxygens (including phenoxy) is 2. The lowest BCUT2D eigenvalue weighted by Gasteiger charge is -2.15. The smallest absolute Gasteiger partial charge is 0.341 e. The van der Waals surface area contributed by atoms with Crippen molar-refractivity contribution in [2.24, 2.45) is 0 Å². The Balaban J connectivity index is 2.00. The van der Waals surface area contributed by atoms with Crippen LogP contribution in [0.1, 0.15) is 22.8 Å². The Morgan fingerprint density at radius 1 is 1.12 bits per heavy atom. The van der Waals surface area contributed by atoms with Crippen LogP contribution in [0.4, 0.5) is 11.4 Å². The fourth-order valence-corrected chi connectivity index (χ4v) is 2.05. The van der Waals surface area contributed by atoms with Crippen molar-refractivity contribution in [1.29, 1.82) is 0 Å². The van der Waals surface area contributed by atoms with Gasteiger partial charge in [-0.15, -0.1) is 0 Å². The monoisotopic (exact) mass is 328 g/mol. The van der Waals surface area contributed by atoms with Gasteiger partial charge in [-0.25, -0.2) is 4.79 Å². The molecular formula is C18H20N2O4. The standard InChI is InChI=1S/C18H20N2O4/c1-11-5-4-6-15(16(11)19)18(22)24-12(2)17(21)20-13-7-9-14(23-3)10-8-13/h4-10,12H,19H2,1-3H3,(H,20,21)/t12-/m0/s1. The van der Waals surface area contributed by atoms with Crippen molar-refractivity contribution in [3.63, 3.8) is 0 Å². The van der Waals surface area contributed by atoms with E-state index >= 15 is 0 Å². The molecule has 1 amide bonds. The fraction of sp³-hybridized carbons (Fsp3) is 0.222. The molecule has 0 saturated heterocycles. The van der Waals surface area contributed by atoms with Gasteiger partial charge in [0.05, 0.1) is 12.7 Å². The highest BCUT2D eigenvalue weighted by Crippen LogP contribution is 2.19. The minimum Gasteiger partial charge on any atom is -0.497 e. The average molecular weight is 328 g/mol. The van der Waals surface area contributed by atoms with Gasteiger partial charge in [0.25, 0.3) is 5.91 Å². The molecule has 6 heteroatoms. The van der Waals surface area contributed by atoms with Crippen LogP contribution in [0.5, 0.6) is 5.75 Å². The molecule has 0 spiro atoms. The summed E-state index contributed by atoms with van der Waals surface area (Å²) in [5.41, 5.74) is 7.83. The summed E-state index contributed by atoms with van der Waals surface area (Å²) in [6.45, 7) is 3.30. The van der Waals surface area contributed by atoms with Gasteiger partial charge in [-0.05, 0) is 49.7 Å². The van der Waals surface area contributed by atoms with Gasteiger partial charge < -0.3 is 20.5 Å². The predicted octanol–water partition coefficient (Wildman–Crippen LogP) is 2.77. The molecule has 0 heterocycles. The summed E-state index contributed by atoms with van der Waals surface area (Å²) in [6, 6.07) is 11.9. The Kier molecular flexibility index (Phi) is 5.42. The molecule has 1 atom stereocenters. The van der Waals surface area contributed by atoms with Gasteiger partial charge >= 0.3 is 5.97 Å². The SMILES string of the molecule is COc1ccc(NC(=O)[C@H](C)OC(=O)c2cccc(C)c2N)cc1. The van der Waals surface area contributed by atoms with Crippen molar-refractivity contribution in [3.05, 3.63) is 53.6 Å². The number of benzene rings is 2. The van der Waals surface area contributed by atoms with Crippen LogP contribution in [0.25, 0.3) is 0 Å². The Morgan fingerprint density at radius 2 is 1.79 bits per heavy atom. The van der Waals surface area contributed by atoms with E-state index in [1.807, 2.05) is 0 Å². The summed E-state index contributed by atoms with van der Waals surface area (Å²) in [6.07, 6.45) is -0.959. The first-order chi connectivity index (χ1) is 11.4. The number of methoxy groups -OCH3 is 1. The zero-order valence-corrected chi connectivity index (χ0v) is 13.8. The highest BCUT2D eigenvalue weighted by Gasteiger charge is 2.20. The van der Waals surface area contributed by atoms with Gasteiger partial charge in [0.1, 0.15) is 5.75 Å². The van der Waals surface area contributed by atoms with Gasteiger partial charge in [-0.2, -0.15) is 0 Å². The molecule has 6 nitrogen and oxygen atoms in total. The van der Waals surface area contributed by atoms with E-state index in [-0.39, 0.29) is 5.56 Å². The number of carbonyl (C=O) groups is 2. The van der Waals surface area contributed by atoms with E-state index in [9.17, 15) is 9.59 Å². The molecule has 2 aromatic carbocycles. The van der Waals surface area contributed by atoms with E-state index < -0.39 is 18.0 Å². The number of hydrogen-bond acceptors (Lipinski definition) is 5. The third kappa shape index (κ3) is 4.04. The minimum atomic E-state index is -0.959. The largest absolute Gasteiger partial charge is 0.497 e. The van der Waals surface area contributed by atoms with Crippen LogP contribution in [0.2, 0.25) is 0 Å². The van der Waals surface area contributed by atoms with Crippen molar-refractivity contribution in [2.75, 3.05) is 18.2 Å². The number of carbonyl (C=O) groups excluding carboxylic acids is 2. The molecule has 0 aliphatic heterocycles. The third-order valence-corrected chi connectivity index (χ3v) is 3.55. The number of rotatable bonds is 5. The highest BCUT2D eigenvalue weighted by atomic mass is 16.5. The van der Waals surface area contributed by atoms with E-state index in [1.54, 1.807) is 56.5 Å². The maximum absolute atomic E-state index is 12.2. The number of para-hydroxylation sites is 1. The first-order valence-corrected chi connectivity index (χ1v) is 7.43. The van der Waals surface area contributed by atoms with Gasteiger partial charge in [-0.1, -0.05) is 12.1 Å². The van der Waals surface area contributed by atoms with Gasteiger partial charge in [0.2, 0.25) is 0 Å². The van der Waals surface area contributed by atoms with E-state index in [1.165, 1.54) is 6.92 Å².